The van der Waals surface area contributed by atoms with E-state index in [1.165, 1.54) is 10.6 Å². The number of pyridine rings is 1. The topological polar surface area (TPSA) is 137 Å². The van der Waals surface area contributed by atoms with E-state index in [1.54, 1.807) is 41.2 Å². The lowest BCUT2D eigenvalue weighted by molar-refractivity contribution is 0.0955. The molecule has 0 spiro atoms. The van der Waals surface area contributed by atoms with E-state index in [0.717, 1.165) is 40.9 Å². The molecule has 0 radical (unpaired) electrons. The van der Waals surface area contributed by atoms with E-state index < -0.39 is 5.91 Å². The number of para-hydroxylation sites is 1. The summed E-state index contributed by atoms with van der Waals surface area (Å²) >= 11 is 1.12. The first kappa shape index (κ1) is 25.1. The summed E-state index contributed by atoms with van der Waals surface area (Å²) in [7, 11) is 0. The van der Waals surface area contributed by atoms with Gasteiger partial charge in [-0.2, -0.15) is 9.78 Å². The van der Waals surface area contributed by atoms with Gasteiger partial charge in [-0.1, -0.05) is 24.3 Å². The van der Waals surface area contributed by atoms with Crippen molar-refractivity contribution in [3.8, 4) is 5.69 Å². The highest BCUT2D eigenvalue weighted by atomic mass is 32.2. The van der Waals surface area contributed by atoms with E-state index in [9.17, 15) is 9.59 Å². The summed E-state index contributed by atoms with van der Waals surface area (Å²) in [5.74, 6) is 0.443. The Hall–Kier alpha value is -5.17. The van der Waals surface area contributed by atoms with E-state index in [2.05, 4.69) is 40.6 Å². The average Bonchev–Trinajstić information content (AvgIpc) is 3.57. The van der Waals surface area contributed by atoms with Gasteiger partial charge in [-0.05, 0) is 78.5 Å². The maximum atomic E-state index is 13.4. The maximum Gasteiger partial charge on any atom is 0.271 e. The van der Waals surface area contributed by atoms with Crippen LogP contribution in [0.15, 0.2) is 93.0 Å². The molecule has 40 heavy (non-hydrogen) atoms. The Balaban J connectivity index is 1.32. The summed E-state index contributed by atoms with van der Waals surface area (Å²) in [6, 6.07) is 19.9. The SMILES string of the molecule is CCn1c(C)nc2cc(C(=O)N/N=C\c3c(Sc4nnnn4-c4ccccc4)nc4ccccn4c3=O)ccc21. The smallest absolute Gasteiger partial charge is 0.271 e. The van der Waals surface area contributed by atoms with E-state index in [1.807, 2.05) is 50.2 Å². The molecular formula is C27H22N10O2S. The number of hydrogen-bond donors (Lipinski definition) is 1. The third-order valence-corrected chi connectivity index (χ3v) is 7.18. The van der Waals surface area contributed by atoms with Crippen LogP contribution >= 0.6 is 11.8 Å². The van der Waals surface area contributed by atoms with Crippen molar-refractivity contribution in [3.63, 3.8) is 0 Å². The van der Waals surface area contributed by atoms with Gasteiger partial charge in [0.25, 0.3) is 11.5 Å². The number of nitrogens with one attached hydrogen (secondary N) is 1. The van der Waals surface area contributed by atoms with E-state index in [-0.39, 0.29) is 11.1 Å². The van der Waals surface area contributed by atoms with E-state index >= 15 is 0 Å². The summed E-state index contributed by atoms with van der Waals surface area (Å²) < 4.78 is 5.04. The molecule has 0 unspecified atom stereocenters. The Morgan fingerprint density at radius 3 is 2.73 bits per heavy atom. The lowest BCUT2D eigenvalue weighted by Crippen LogP contribution is -2.23. The van der Waals surface area contributed by atoms with Crippen LogP contribution in [0, 0.1) is 6.92 Å². The maximum absolute atomic E-state index is 13.4. The molecule has 4 heterocycles. The second kappa shape index (κ2) is 10.5. The molecule has 1 N–H and O–H groups in total. The highest BCUT2D eigenvalue weighted by Crippen LogP contribution is 2.27. The Kier molecular flexibility index (Phi) is 6.62. The highest BCUT2D eigenvalue weighted by molar-refractivity contribution is 7.99. The second-order valence-electron chi connectivity index (χ2n) is 8.68. The number of aryl methyl sites for hydroxylation is 2. The molecule has 0 aliphatic carbocycles. The number of tetrazole rings is 1. The molecule has 0 atom stereocenters. The molecule has 0 saturated carbocycles. The fourth-order valence-electron chi connectivity index (χ4n) is 4.34. The minimum atomic E-state index is -0.432. The van der Waals surface area contributed by atoms with Crippen LogP contribution in [0.4, 0.5) is 0 Å². The first-order valence-electron chi connectivity index (χ1n) is 12.4. The molecule has 4 aromatic heterocycles. The first-order chi connectivity index (χ1) is 19.5. The van der Waals surface area contributed by atoms with Gasteiger partial charge in [-0.15, -0.1) is 5.10 Å². The third kappa shape index (κ3) is 4.62. The minimum absolute atomic E-state index is 0.171. The Morgan fingerprint density at radius 2 is 1.90 bits per heavy atom. The van der Waals surface area contributed by atoms with E-state index in [4.69, 9.17) is 0 Å². The number of carbonyl (C=O) groups is 1. The van der Waals surface area contributed by atoms with Crippen molar-refractivity contribution in [2.24, 2.45) is 5.10 Å². The average molecular weight is 551 g/mol. The van der Waals surface area contributed by atoms with Gasteiger partial charge in [-0.3, -0.25) is 14.0 Å². The Bertz CT molecular complexity index is 1960. The monoisotopic (exact) mass is 550 g/mol. The van der Waals surface area contributed by atoms with Crippen molar-refractivity contribution in [1.82, 2.24) is 44.6 Å². The number of hydrogen-bond acceptors (Lipinski definition) is 9. The predicted molar refractivity (Wildman–Crippen MR) is 150 cm³/mol. The lowest BCUT2D eigenvalue weighted by Gasteiger charge is -2.08. The number of amides is 1. The molecule has 198 valence electrons. The van der Waals surface area contributed by atoms with Crippen LogP contribution in [0.25, 0.3) is 22.4 Å². The van der Waals surface area contributed by atoms with Gasteiger partial charge in [-0.25, -0.2) is 15.4 Å². The van der Waals surface area contributed by atoms with Crippen molar-refractivity contribution in [1.29, 1.82) is 0 Å². The zero-order valence-electron chi connectivity index (χ0n) is 21.5. The summed E-state index contributed by atoms with van der Waals surface area (Å²) in [5, 5.41) is 16.8. The fourth-order valence-corrected chi connectivity index (χ4v) is 5.21. The molecule has 0 saturated heterocycles. The standard InChI is InChI=1S/C27H22N10O2S/c1-3-35-17(2)29-21-15-18(12-13-22(21)35)24(38)31-28-16-20-25(30-23-11-7-8-14-36(23)26(20)39)40-27-32-33-34-37(27)19-9-5-4-6-10-19/h4-16H,3H2,1-2H3,(H,31,38)/b28-16-. The number of nitrogens with zero attached hydrogens (tertiary/aromatic N) is 9. The van der Waals surface area contributed by atoms with Crippen molar-refractivity contribution in [3.05, 3.63) is 100 Å². The van der Waals surface area contributed by atoms with Gasteiger partial charge in [0.1, 0.15) is 16.5 Å². The zero-order valence-corrected chi connectivity index (χ0v) is 22.3. The van der Waals surface area contributed by atoms with Crippen LogP contribution in [0.1, 0.15) is 28.7 Å². The van der Waals surface area contributed by atoms with Crippen LogP contribution in [-0.4, -0.2) is 51.3 Å². The fraction of sp³-hybridized carbons (Fsp3) is 0.111. The Morgan fingerprint density at radius 1 is 1.07 bits per heavy atom. The molecule has 0 fully saturated rings. The molecule has 13 heteroatoms. The van der Waals surface area contributed by atoms with Gasteiger partial charge in [0.15, 0.2) is 0 Å². The Labute approximate surface area is 231 Å². The minimum Gasteiger partial charge on any atom is -0.329 e. The second-order valence-corrected chi connectivity index (χ2v) is 9.64. The molecule has 1 amide bonds. The van der Waals surface area contributed by atoms with Crippen LogP contribution in [0.2, 0.25) is 0 Å². The number of aromatic nitrogens is 8. The predicted octanol–water partition coefficient (Wildman–Crippen LogP) is 3.26. The van der Waals surface area contributed by atoms with Gasteiger partial charge >= 0.3 is 0 Å². The van der Waals surface area contributed by atoms with Gasteiger partial charge in [0, 0.05) is 18.3 Å². The third-order valence-electron chi connectivity index (χ3n) is 6.24. The van der Waals surface area contributed by atoms with Crippen molar-refractivity contribution < 1.29 is 4.79 Å². The van der Waals surface area contributed by atoms with Crippen molar-refractivity contribution >= 4 is 40.6 Å². The van der Waals surface area contributed by atoms with Crippen LogP contribution in [0.5, 0.6) is 0 Å². The molecule has 0 aliphatic heterocycles. The van der Waals surface area contributed by atoms with Crippen molar-refractivity contribution in [2.45, 2.75) is 30.6 Å². The quantitative estimate of drug-likeness (QED) is 0.182. The number of fused-ring (bicyclic) bond motifs is 2. The number of rotatable bonds is 7. The molecule has 6 aromatic rings. The lowest BCUT2D eigenvalue weighted by atomic mass is 10.2. The molecule has 0 bridgehead atoms. The van der Waals surface area contributed by atoms with Crippen molar-refractivity contribution in [2.75, 3.05) is 0 Å². The van der Waals surface area contributed by atoms with Gasteiger partial charge in [0.05, 0.1) is 28.5 Å². The van der Waals surface area contributed by atoms with Gasteiger partial charge in [0.2, 0.25) is 5.16 Å². The van der Waals surface area contributed by atoms with Crippen LogP contribution in [0.3, 0.4) is 0 Å². The molecule has 0 aliphatic rings. The first-order valence-corrected chi connectivity index (χ1v) is 13.2. The summed E-state index contributed by atoms with van der Waals surface area (Å²) in [5.41, 5.74) is 5.61. The molecular weight excluding hydrogens is 528 g/mol. The normalized spacial score (nSPS) is 11.6. The highest BCUT2D eigenvalue weighted by Gasteiger charge is 2.18. The summed E-state index contributed by atoms with van der Waals surface area (Å²) in [4.78, 5) is 35.5. The molecule has 6 rings (SSSR count). The van der Waals surface area contributed by atoms with E-state index in [0.29, 0.717) is 21.4 Å². The number of hydrazone groups is 1. The number of benzene rings is 2. The summed E-state index contributed by atoms with van der Waals surface area (Å²) in [6.07, 6.45) is 2.91. The van der Waals surface area contributed by atoms with Crippen LogP contribution in [-0.2, 0) is 6.54 Å². The zero-order chi connectivity index (χ0) is 27.6. The number of carbonyl (C=O) groups excluding carboxylic acids is 1. The van der Waals surface area contributed by atoms with Crippen LogP contribution < -0.4 is 11.0 Å². The van der Waals surface area contributed by atoms with Gasteiger partial charge < -0.3 is 4.57 Å². The summed E-state index contributed by atoms with van der Waals surface area (Å²) in [6.45, 7) is 4.76. The molecule has 2 aromatic carbocycles. The number of imidazole rings is 1. The largest absolute Gasteiger partial charge is 0.329 e. The molecule has 12 nitrogen and oxygen atoms in total.